The molecule has 0 spiro atoms. The number of phenolic OH excluding ortho intramolecular Hbond substituents is 2. The van der Waals surface area contributed by atoms with Gasteiger partial charge in [-0.15, -0.1) is 0 Å². The largest absolute Gasteiger partial charge is 0.508 e. The van der Waals surface area contributed by atoms with Crippen LogP contribution in [0, 0.1) is 0 Å². The third kappa shape index (κ3) is 3.38. The van der Waals surface area contributed by atoms with Gasteiger partial charge in [0.25, 0.3) is 5.91 Å². The number of phenols is 2. The summed E-state index contributed by atoms with van der Waals surface area (Å²) in [6.07, 6.45) is 1.41. The highest BCUT2D eigenvalue weighted by Crippen LogP contribution is 2.27. The zero-order chi connectivity index (χ0) is 17.1. The lowest BCUT2D eigenvalue weighted by atomic mass is 10.0. The lowest BCUT2D eigenvalue weighted by molar-refractivity contribution is 0.0955. The molecule has 3 rings (SSSR count). The Morgan fingerprint density at radius 2 is 1.79 bits per heavy atom. The number of rotatable bonds is 3. The highest BCUT2D eigenvalue weighted by atomic mass is 79.9. The van der Waals surface area contributed by atoms with E-state index < -0.39 is 5.91 Å². The van der Waals surface area contributed by atoms with Crippen LogP contribution in [0.4, 0.5) is 0 Å². The molecule has 0 saturated carbocycles. The van der Waals surface area contributed by atoms with E-state index in [1.807, 2.05) is 24.3 Å². The van der Waals surface area contributed by atoms with E-state index in [0.29, 0.717) is 11.1 Å². The molecule has 24 heavy (non-hydrogen) atoms. The first kappa shape index (κ1) is 16.0. The molecule has 0 saturated heterocycles. The molecule has 3 aromatic carbocycles. The molecule has 0 atom stereocenters. The zero-order valence-electron chi connectivity index (χ0n) is 12.4. The Morgan fingerprint density at radius 1 is 1.04 bits per heavy atom. The maximum atomic E-state index is 12.0. The van der Waals surface area contributed by atoms with Crippen LogP contribution < -0.4 is 5.43 Å². The molecule has 0 heterocycles. The van der Waals surface area contributed by atoms with Gasteiger partial charge in [0, 0.05) is 15.6 Å². The Balaban J connectivity index is 1.84. The lowest BCUT2D eigenvalue weighted by Gasteiger charge is -2.06. The normalized spacial score (nSPS) is 11.0. The van der Waals surface area contributed by atoms with Gasteiger partial charge in [-0.2, -0.15) is 5.10 Å². The first-order valence-corrected chi connectivity index (χ1v) is 7.87. The van der Waals surface area contributed by atoms with E-state index in [1.54, 1.807) is 6.07 Å². The fraction of sp³-hybridized carbons (Fsp3) is 0. The molecule has 0 radical (unpaired) electrons. The number of halogens is 1. The number of hydrogen-bond acceptors (Lipinski definition) is 4. The number of hydrazone groups is 1. The Hall–Kier alpha value is -2.86. The van der Waals surface area contributed by atoms with Crippen LogP contribution in [0.5, 0.6) is 11.5 Å². The molecule has 0 unspecified atom stereocenters. The van der Waals surface area contributed by atoms with Crippen molar-refractivity contribution in [2.45, 2.75) is 0 Å². The summed E-state index contributed by atoms with van der Waals surface area (Å²) in [4.78, 5) is 12.0. The van der Waals surface area contributed by atoms with Crippen molar-refractivity contribution in [3.8, 4) is 11.5 Å². The van der Waals surface area contributed by atoms with Crippen molar-refractivity contribution in [1.82, 2.24) is 5.43 Å². The second-order valence-corrected chi connectivity index (χ2v) is 6.03. The molecule has 0 fully saturated rings. The quantitative estimate of drug-likeness (QED) is 0.474. The highest BCUT2D eigenvalue weighted by Gasteiger charge is 2.07. The van der Waals surface area contributed by atoms with Crippen molar-refractivity contribution in [2.24, 2.45) is 5.10 Å². The molecule has 0 bridgehead atoms. The summed E-state index contributed by atoms with van der Waals surface area (Å²) in [5.74, 6) is -0.247. The highest BCUT2D eigenvalue weighted by molar-refractivity contribution is 9.10. The first-order valence-electron chi connectivity index (χ1n) is 7.08. The van der Waals surface area contributed by atoms with Gasteiger partial charge in [-0.25, -0.2) is 5.43 Å². The molecule has 0 aliphatic carbocycles. The van der Waals surface area contributed by atoms with E-state index in [1.165, 1.54) is 30.5 Å². The zero-order valence-corrected chi connectivity index (χ0v) is 14.0. The number of benzene rings is 3. The van der Waals surface area contributed by atoms with Crippen LogP contribution in [0.2, 0.25) is 0 Å². The van der Waals surface area contributed by atoms with Crippen LogP contribution in [0.1, 0.15) is 15.9 Å². The number of carbonyl (C=O) groups is 1. The second kappa shape index (κ2) is 6.72. The molecule has 120 valence electrons. The Bertz CT molecular complexity index is 937. The molecular weight excluding hydrogens is 372 g/mol. The predicted octanol–water partition coefficient (Wildman–Crippen LogP) is 3.78. The fourth-order valence-electron chi connectivity index (χ4n) is 2.28. The number of fused-ring (bicyclic) bond motifs is 1. The summed E-state index contributed by atoms with van der Waals surface area (Å²) in [7, 11) is 0. The van der Waals surface area contributed by atoms with Crippen LogP contribution >= 0.6 is 15.9 Å². The molecule has 5 nitrogen and oxygen atoms in total. The molecule has 3 N–H and O–H groups in total. The summed E-state index contributed by atoms with van der Waals surface area (Å²) in [5, 5.41) is 24.9. The van der Waals surface area contributed by atoms with Gasteiger partial charge in [0.1, 0.15) is 11.5 Å². The van der Waals surface area contributed by atoms with Crippen LogP contribution in [-0.2, 0) is 0 Å². The average molecular weight is 385 g/mol. The first-order chi connectivity index (χ1) is 11.5. The second-order valence-electron chi connectivity index (χ2n) is 5.11. The van der Waals surface area contributed by atoms with Crippen molar-refractivity contribution in [2.75, 3.05) is 0 Å². The van der Waals surface area contributed by atoms with Gasteiger partial charge in [-0.3, -0.25) is 4.79 Å². The Morgan fingerprint density at radius 3 is 2.54 bits per heavy atom. The van der Waals surface area contributed by atoms with Gasteiger partial charge >= 0.3 is 0 Å². The monoisotopic (exact) mass is 384 g/mol. The smallest absolute Gasteiger partial charge is 0.271 e. The van der Waals surface area contributed by atoms with E-state index in [0.717, 1.165) is 15.2 Å². The van der Waals surface area contributed by atoms with Gasteiger partial charge in [-0.05, 0) is 53.2 Å². The van der Waals surface area contributed by atoms with Crippen LogP contribution in [0.3, 0.4) is 0 Å². The van der Waals surface area contributed by atoms with Gasteiger partial charge in [0.2, 0.25) is 0 Å². The van der Waals surface area contributed by atoms with Gasteiger partial charge < -0.3 is 10.2 Å². The summed E-state index contributed by atoms with van der Waals surface area (Å²) < 4.78 is 0.934. The van der Waals surface area contributed by atoms with Gasteiger partial charge in [-0.1, -0.05) is 28.1 Å². The molecule has 0 aliphatic rings. The predicted molar refractivity (Wildman–Crippen MR) is 96.5 cm³/mol. The van der Waals surface area contributed by atoms with Crippen molar-refractivity contribution >= 4 is 38.8 Å². The van der Waals surface area contributed by atoms with Crippen LogP contribution in [0.25, 0.3) is 10.8 Å². The van der Waals surface area contributed by atoms with Crippen LogP contribution in [0.15, 0.2) is 64.2 Å². The van der Waals surface area contributed by atoms with Crippen molar-refractivity contribution in [3.05, 3.63) is 70.2 Å². The molecule has 3 aromatic rings. The minimum atomic E-state index is -0.409. The SMILES string of the molecule is O=C(N/N=C\c1c(O)ccc2cc(Br)ccc12)c1ccc(O)cc1. The Labute approximate surface area is 146 Å². The third-order valence-corrected chi connectivity index (χ3v) is 3.98. The minimum Gasteiger partial charge on any atom is -0.508 e. The number of hydrogen-bond donors (Lipinski definition) is 3. The molecule has 0 aromatic heterocycles. The van der Waals surface area contributed by atoms with E-state index in [4.69, 9.17) is 0 Å². The number of carbonyl (C=O) groups excluding carboxylic acids is 1. The molecule has 0 aliphatic heterocycles. The third-order valence-electron chi connectivity index (χ3n) is 3.49. The maximum Gasteiger partial charge on any atom is 0.271 e. The number of amides is 1. The Kier molecular flexibility index (Phi) is 4.48. The number of aromatic hydroxyl groups is 2. The molecule has 1 amide bonds. The molecular formula is C18H13BrN2O3. The van der Waals surface area contributed by atoms with E-state index in [9.17, 15) is 15.0 Å². The van der Waals surface area contributed by atoms with Crippen molar-refractivity contribution < 1.29 is 15.0 Å². The van der Waals surface area contributed by atoms with E-state index in [2.05, 4.69) is 26.5 Å². The van der Waals surface area contributed by atoms with Gasteiger partial charge in [0.05, 0.1) is 6.21 Å². The summed E-state index contributed by atoms with van der Waals surface area (Å²) in [6, 6.07) is 14.9. The topological polar surface area (TPSA) is 81.9 Å². The number of nitrogens with zero attached hydrogens (tertiary/aromatic N) is 1. The standard InChI is InChI=1S/C18H13BrN2O3/c19-13-4-7-15-12(9-13)3-8-17(23)16(15)10-20-21-18(24)11-1-5-14(22)6-2-11/h1-10,22-23H,(H,21,24)/b20-10-. The summed E-state index contributed by atoms with van der Waals surface area (Å²) in [6.45, 7) is 0. The van der Waals surface area contributed by atoms with Crippen molar-refractivity contribution in [3.63, 3.8) is 0 Å². The van der Waals surface area contributed by atoms with E-state index >= 15 is 0 Å². The number of nitrogens with one attached hydrogen (secondary N) is 1. The van der Waals surface area contributed by atoms with Gasteiger partial charge in [0.15, 0.2) is 0 Å². The van der Waals surface area contributed by atoms with Crippen molar-refractivity contribution in [1.29, 1.82) is 0 Å². The summed E-state index contributed by atoms with van der Waals surface area (Å²) >= 11 is 3.41. The maximum absolute atomic E-state index is 12.0. The fourth-order valence-corrected chi connectivity index (χ4v) is 2.66. The average Bonchev–Trinajstić information content (AvgIpc) is 2.57. The molecule has 6 heteroatoms. The van der Waals surface area contributed by atoms with Crippen LogP contribution in [-0.4, -0.2) is 22.3 Å². The summed E-state index contributed by atoms with van der Waals surface area (Å²) in [5.41, 5.74) is 3.29. The minimum absolute atomic E-state index is 0.0763. The lowest BCUT2D eigenvalue weighted by Crippen LogP contribution is -2.17. The van der Waals surface area contributed by atoms with E-state index in [-0.39, 0.29) is 11.5 Å².